The van der Waals surface area contributed by atoms with Gasteiger partial charge in [0.2, 0.25) is 0 Å². The van der Waals surface area contributed by atoms with Crippen LogP contribution in [0.25, 0.3) is 0 Å². The average Bonchev–Trinajstić information content (AvgIpc) is 2.88. The molecule has 1 aliphatic rings. The Balaban J connectivity index is 1.75. The second-order valence-electron chi connectivity index (χ2n) is 5.28. The lowest BCUT2D eigenvalue weighted by molar-refractivity contribution is 0.245. The summed E-state index contributed by atoms with van der Waals surface area (Å²) in [5, 5.41) is 0. The molecule has 2 rings (SSSR count). The maximum Gasteiger partial charge on any atom is 0.00218 e. The van der Waals surface area contributed by atoms with Crippen molar-refractivity contribution in [2.75, 3.05) is 19.6 Å². The number of nitrogens with zero attached hydrogens (tertiary/aromatic N) is 1. The van der Waals surface area contributed by atoms with E-state index in [0.29, 0.717) is 0 Å². The quantitative estimate of drug-likeness (QED) is 0.721. The van der Waals surface area contributed by atoms with Gasteiger partial charge in [0.1, 0.15) is 0 Å². The van der Waals surface area contributed by atoms with Crippen molar-refractivity contribution in [1.82, 2.24) is 4.90 Å². The lowest BCUT2D eigenvalue weighted by Gasteiger charge is -2.23. The van der Waals surface area contributed by atoms with E-state index in [0.717, 1.165) is 5.92 Å². The lowest BCUT2D eigenvalue weighted by Crippen LogP contribution is -2.30. The van der Waals surface area contributed by atoms with Crippen molar-refractivity contribution in [2.45, 2.75) is 39.0 Å². The molecule has 0 aliphatic heterocycles. The summed E-state index contributed by atoms with van der Waals surface area (Å²) in [6.07, 6.45) is 7.03. The Morgan fingerprint density at radius 1 is 1.12 bits per heavy atom. The van der Waals surface area contributed by atoms with Crippen LogP contribution in [0.4, 0.5) is 0 Å². The van der Waals surface area contributed by atoms with E-state index in [1.54, 1.807) is 0 Å². The van der Waals surface area contributed by atoms with Crippen molar-refractivity contribution >= 4 is 0 Å². The molecule has 94 valence electrons. The zero-order valence-electron chi connectivity index (χ0n) is 11.1. The third kappa shape index (κ3) is 4.16. The van der Waals surface area contributed by atoms with Gasteiger partial charge in [0.25, 0.3) is 0 Å². The molecule has 0 aromatic heterocycles. The Kier molecular flexibility index (Phi) is 5.06. The summed E-state index contributed by atoms with van der Waals surface area (Å²) in [4.78, 5) is 2.63. The van der Waals surface area contributed by atoms with Crippen LogP contribution in [-0.2, 0) is 6.42 Å². The molecule has 17 heavy (non-hydrogen) atoms. The first-order chi connectivity index (χ1) is 8.38. The molecular weight excluding hydrogens is 206 g/mol. The number of likely N-dealkylation sites (N-methyl/N-ethyl adjacent to an activating group) is 1. The van der Waals surface area contributed by atoms with Crippen LogP contribution in [0.3, 0.4) is 0 Å². The summed E-state index contributed by atoms with van der Waals surface area (Å²) in [7, 11) is 0. The molecule has 0 atom stereocenters. The minimum atomic E-state index is 0.978. The highest BCUT2D eigenvalue weighted by Crippen LogP contribution is 2.25. The third-order valence-electron chi connectivity index (χ3n) is 4.00. The van der Waals surface area contributed by atoms with Crippen molar-refractivity contribution in [3.05, 3.63) is 35.9 Å². The molecule has 0 heterocycles. The molecule has 1 aromatic carbocycles. The molecule has 0 bridgehead atoms. The Morgan fingerprint density at radius 2 is 1.82 bits per heavy atom. The Hall–Kier alpha value is -0.820. The van der Waals surface area contributed by atoms with E-state index in [4.69, 9.17) is 0 Å². The van der Waals surface area contributed by atoms with Crippen molar-refractivity contribution in [3.8, 4) is 0 Å². The number of hydrogen-bond acceptors (Lipinski definition) is 1. The molecule has 1 aliphatic carbocycles. The van der Waals surface area contributed by atoms with E-state index < -0.39 is 0 Å². The Labute approximate surface area is 106 Å². The van der Waals surface area contributed by atoms with Crippen LogP contribution >= 0.6 is 0 Å². The minimum absolute atomic E-state index is 0.978. The van der Waals surface area contributed by atoms with Crippen LogP contribution in [0.1, 0.15) is 38.2 Å². The summed E-state index contributed by atoms with van der Waals surface area (Å²) in [6.45, 7) is 6.03. The number of hydrogen-bond donors (Lipinski definition) is 0. The van der Waals surface area contributed by atoms with Crippen molar-refractivity contribution in [3.63, 3.8) is 0 Å². The van der Waals surface area contributed by atoms with E-state index in [9.17, 15) is 0 Å². The van der Waals surface area contributed by atoms with Crippen LogP contribution in [0, 0.1) is 5.92 Å². The monoisotopic (exact) mass is 231 g/mol. The van der Waals surface area contributed by atoms with Gasteiger partial charge in [-0.15, -0.1) is 0 Å². The van der Waals surface area contributed by atoms with Gasteiger partial charge >= 0.3 is 0 Å². The topological polar surface area (TPSA) is 3.24 Å². The molecule has 1 heteroatoms. The largest absolute Gasteiger partial charge is 0.303 e. The SMILES string of the molecule is CCN(CCc1ccccc1)CC1CCCC1. The number of rotatable bonds is 6. The van der Waals surface area contributed by atoms with Crippen LogP contribution in [0.15, 0.2) is 30.3 Å². The predicted octanol–water partition coefficient (Wildman–Crippen LogP) is 3.74. The predicted molar refractivity (Wildman–Crippen MR) is 74.2 cm³/mol. The highest BCUT2D eigenvalue weighted by molar-refractivity contribution is 5.14. The first-order valence-corrected chi connectivity index (χ1v) is 7.14. The zero-order chi connectivity index (χ0) is 11.9. The zero-order valence-corrected chi connectivity index (χ0v) is 11.1. The van der Waals surface area contributed by atoms with E-state index in [1.807, 2.05) is 0 Å². The molecule has 0 radical (unpaired) electrons. The van der Waals surface area contributed by atoms with Gasteiger partial charge in [-0.1, -0.05) is 50.1 Å². The highest BCUT2D eigenvalue weighted by Gasteiger charge is 2.17. The summed E-state index contributed by atoms with van der Waals surface area (Å²) >= 11 is 0. The maximum atomic E-state index is 2.63. The van der Waals surface area contributed by atoms with Crippen molar-refractivity contribution in [2.24, 2.45) is 5.92 Å². The first kappa shape index (κ1) is 12.6. The molecule has 1 saturated carbocycles. The van der Waals surface area contributed by atoms with E-state index in [2.05, 4.69) is 42.2 Å². The molecule has 0 unspecified atom stereocenters. The Bertz CT molecular complexity index is 301. The van der Waals surface area contributed by atoms with Gasteiger partial charge in [0.05, 0.1) is 0 Å². The maximum absolute atomic E-state index is 2.63. The molecular formula is C16H25N. The van der Waals surface area contributed by atoms with Gasteiger partial charge < -0.3 is 4.90 Å². The van der Waals surface area contributed by atoms with Gasteiger partial charge in [-0.25, -0.2) is 0 Å². The van der Waals surface area contributed by atoms with Crippen LogP contribution in [-0.4, -0.2) is 24.5 Å². The standard InChI is InChI=1S/C16H25N/c1-2-17(14-16-10-6-7-11-16)13-12-15-8-4-3-5-9-15/h3-5,8-9,16H,2,6-7,10-14H2,1H3. The average molecular weight is 231 g/mol. The Morgan fingerprint density at radius 3 is 2.47 bits per heavy atom. The van der Waals surface area contributed by atoms with Crippen LogP contribution in [0.2, 0.25) is 0 Å². The lowest BCUT2D eigenvalue weighted by atomic mass is 10.1. The van der Waals surface area contributed by atoms with Crippen molar-refractivity contribution in [1.29, 1.82) is 0 Å². The molecule has 0 saturated heterocycles. The first-order valence-electron chi connectivity index (χ1n) is 7.14. The molecule has 0 N–H and O–H groups in total. The van der Waals surface area contributed by atoms with E-state index in [-0.39, 0.29) is 0 Å². The van der Waals surface area contributed by atoms with Crippen LogP contribution < -0.4 is 0 Å². The summed E-state index contributed by atoms with van der Waals surface area (Å²) in [5.41, 5.74) is 1.47. The molecule has 0 spiro atoms. The third-order valence-corrected chi connectivity index (χ3v) is 4.00. The highest BCUT2D eigenvalue weighted by atomic mass is 15.1. The van der Waals surface area contributed by atoms with Gasteiger partial charge in [-0.05, 0) is 37.3 Å². The van der Waals surface area contributed by atoms with E-state index >= 15 is 0 Å². The fourth-order valence-electron chi connectivity index (χ4n) is 2.87. The van der Waals surface area contributed by atoms with Gasteiger partial charge in [0, 0.05) is 13.1 Å². The normalized spacial score (nSPS) is 16.8. The minimum Gasteiger partial charge on any atom is -0.303 e. The van der Waals surface area contributed by atoms with Crippen LogP contribution in [0.5, 0.6) is 0 Å². The fraction of sp³-hybridized carbons (Fsp3) is 0.625. The second-order valence-corrected chi connectivity index (χ2v) is 5.28. The number of benzene rings is 1. The fourth-order valence-corrected chi connectivity index (χ4v) is 2.87. The van der Waals surface area contributed by atoms with Gasteiger partial charge in [-0.2, -0.15) is 0 Å². The smallest absolute Gasteiger partial charge is 0.00218 e. The summed E-state index contributed by atoms with van der Waals surface area (Å²) in [5.74, 6) is 0.978. The second kappa shape index (κ2) is 6.80. The summed E-state index contributed by atoms with van der Waals surface area (Å²) < 4.78 is 0. The van der Waals surface area contributed by atoms with Crippen molar-refractivity contribution < 1.29 is 0 Å². The van der Waals surface area contributed by atoms with Gasteiger partial charge in [-0.3, -0.25) is 0 Å². The molecule has 1 aromatic rings. The van der Waals surface area contributed by atoms with E-state index in [1.165, 1.54) is 57.3 Å². The molecule has 1 fully saturated rings. The molecule has 1 nitrogen and oxygen atoms in total. The summed E-state index contributed by atoms with van der Waals surface area (Å²) in [6, 6.07) is 10.9. The van der Waals surface area contributed by atoms with Gasteiger partial charge in [0.15, 0.2) is 0 Å². The molecule has 0 amide bonds.